The van der Waals surface area contributed by atoms with Crippen molar-refractivity contribution in [2.75, 3.05) is 17.8 Å². The summed E-state index contributed by atoms with van der Waals surface area (Å²) in [5, 5.41) is 0. The molecule has 2 aromatic rings. The van der Waals surface area contributed by atoms with E-state index in [-0.39, 0.29) is 15.2 Å². The fraction of sp³-hybridized carbons (Fsp3) is 0.500. The van der Waals surface area contributed by atoms with Crippen LogP contribution in [0.5, 0.6) is 0 Å². The smallest absolute Gasteiger partial charge is 0.262 e. The SMILES string of the molecule is Cc1ccc(C(C)(C)C)cc1S(=O)(=O)Nc1ccc(S(=O)(=O)N2C[C@H](C)C[C@H](C)C2)cc1. The third kappa shape index (κ3) is 5.35. The Hall–Kier alpha value is -1.90. The number of anilines is 1. The fourth-order valence-electron chi connectivity index (χ4n) is 4.21. The summed E-state index contributed by atoms with van der Waals surface area (Å²) in [5.74, 6) is 0.624. The number of aryl methyl sites for hydroxylation is 1. The molecule has 0 aliphatic carbocycles. The van der Waals surface area contributed by atoms with Crippen LogP contribution < -0.4 is 4.72 Å². The van der Waals surface area contributed by atoms with Crippen LogP contribution in [-0.2, 0) is 25.5 Å². The topological polar surface area (TPSA) is 83.5 Å². The molecule has 3 rings (SSSR count). The second-order valence-corrected chi connectivity index (χ2v) is 13.7. The maximum Gasteiger partial charge on any atom is 0.262 e. The van der Waals surface area contributed by atoms with Gasteiger partial charge in [0.2, 0.25) is 10.0 Å². The van der Waals surface area contributed by atoms with Gasteiger partial charge in [0.25, 0.3) is 10.0 Å². The second kappa shape index (κ2) is 8.80. The molecule has 2 aromatic carbocycles. The van der Waals surface area contributed by atoms with Gasteiger partial charge in [0.05, 0.1) is 9.79 Å². The zero-order valence-corrected chi connectivity index (χ0v) is 21.3. The van der Waals surface area contributed by atoms with Gasteiger partial charge < -0.3 is 0 Å². The first-order valence-electron chi connectivity index (χ1n) is 10.9. The molecule has 1 saturated heterocycles. The van der Waals surface area contributed by atoms with Gasteiger partial charge >= 0.3 is 0 Å². The number of rotatable bonds is 5. The van der Waals surface area contributed by atoms with Crippen LogP contribution in [0, 0.1) is 18.8 Å². The lowest BCUT2D eigenvalue weighted by molar-refractivity contribution is 0.222. The molecule has 0 aromatic heterocycles. The Bertz CT molecular complexity index is 1170. The largest absolute Gasteiger partial charge is 0.280 e. The maximum absolute atomic E-state index is 13.1. The molecular formula is C24H34N2O4S2. The Kier molecular flexibility index (Phi) is 6.80. The minimum atomic E-state index is -3.82. The van der Waals surface area contributed by atoms with Crippen molar-refractivity contribution in [2.24, 2.45) is 11.8 Å². The van der Waals surface area contributed by atoms with E-state index in [0.29, 0.717) is 36.2 Å². The van der Waals surface area contributed by atoms with Gasteiger partial charge in [-0.3, -0.25) is 4.72 Å². The minimum absolute atomic E-state index is 0.174. The molecule has 8 heteroatoms. The Morgan fingerprint density at radius 2 is 1.47 bits per heavy atom. The van der Waals surface area contributed by atoms with Gasteiger partial charge in [-0.15, -0.1) is 0 Å². The van der Waals surface area contributed by atoms with E-state index in [2.05, 4.69) is 18.6 Å². The monoisotopic (exact) mass is 478 g/mol. The summed E-state index contributed by atoms with van der Waals surface area (Å²) < 4.78 is 56.4. The molecule has 0 bridgehead atoms. The van der Waals surface area contributed by atoms with Crippen molar-refractivity contribution in [3.05, 3.63) is 53.6 Å². The van der Waals surface area contributed by atoms with Crippen LogP contribution in [0.25, 0.3) is 0 Å². The summed E-state index contributed by atoms with van der Waals surface area (Å²) in [5.41, 5.74) is 1.72. The fourth-order valence-corrected chi connectivity index (χ4v) is 7.22. The van der Waals surface area contributed by atoms with Crippen molar-refractivity contribution >= 4 is 25.7 Å². The number of sulfonamides is 2. The number of nitrogens with one attached hydrogen (secondary N) is 1. The normalized spacial score (nSPS) is 20.8. The molecule has 1 aliphatic rings. The van der Waals surface area contributed by atoms with Crippen molar-refractivity contribution in [1.29, 1.82) is 0 Å². The van der Waals surface area contributed by atoms with Crippen LogP contribution in [-0.4, -0.2) is 34.2 Å². The van der Waals surface area contributed by atoms with E-state index in [0.717, 1.165) is 12.0 Å². The lowest BCUT2D eigenvalue weighted by Crippen LogP contribution is -2.42. The first kappa shape index (κ1) is 24.7. The van der Waals surface area contributed by atoms with Crippen molar-refractivity contribution in [2.45, 2.75) is 63.2 Å². The lowest BCUT2D eigenvalue weighted by atomic mass is 9.87. The predicted molar refractivity (Wildman–Crippen MR) is 129 cm³/mol. The van der Waals surface area contributed by atoms with Crippen LogP contribution in [0.15, 0.2) is 52.3 Å². The first-order chi connectivity index (χ1) is 14.7. The Labute approximate surface area is 193 Å². The minimum Gasteiger partial charge on any atom is -0.280 e. The van der Waals surface area contributed by atoms with Crippen molar-refractivity contribution < 1.29 is 16.8 Å². The van der Waals surface area contributed by atoms with Crippen LogP contribution in [0.2, 0.25) is 0 Å². The molecule has 0 amide bonds. The highest BCUT2D eigenvalue weighted by molar-refractivity contribution is 7.92. The summed E-state index contributed by atoms with van der Waals surface area (Å²) in [7, 11) is -7.43. The number of hydrogen-bond acceptors (Lipinski definition) is 4. The van der Waals surface area contributed by atoms with E-state index in [4.69, 9.17) is 0 Å². The van der Waals surface area contributed by atoms with Gasteiger partial charge in [0.15, 0.2) is 0 Å². The first-order valence-corrected chi connectivity index (χ1v) is 13.9. The molecule has 2 atom stereocenters. The average molecular weight is 479 g/mol. The molecule has 0 unspecified atom stereocenters. The van der Waals surface area contributed by atoms with Crippen LogP contribution >= 0.6 is 0 Å². The molecule has 176 valence electrons. The predicted octanol–water partition coefficient (Wildman–Crippen LogP) is 4.76. The van der Waals surface area contributed by atoms with E-state index < -0.39 is 20.0 Å². The van der Waals surface area contributed by atoms with Gasteiger partial charge in [-0.05, 0) is 72.1 Å². The number of piperidine rings is 1. The van der Waals surface area contributed by atoms with Crippen molar-refractivity contribution in [3.63, 3.8) is 0 Å². The van der Waals surface area contributed by atoms with E-state index >= 15 is 0 Å². The summed E-state index contributed by atoms with van der Waals surface area (Å²) in [6, 6.07) is 11.4. The zero-order chi connectivity index (χ0) is 23.9. The zero-order valence-electron chi connectivity index (χ0n) is 19.7. The molecule has 6 nitrogen and oxygen atoms in total. The van der Waals surface area contributed by atoms with Crippen molar-refractivity contribution in [3.8, 4) is 0 Å². The Morgan fingerprint density at radius 3 is 2.00 bits per heavy atom. The number of nitrogens with zero attached hydrogens (tertiary/aromatic N) is 1. The number of benzene rings is 2. The summed E-state index contributed by atoms with van der Waals surface area (Å²) in [6.07, 6.45) is 1.02. The highest BCUT2D eigenvalue weighted by Crippen LogP contribution is 2.29. The van der Waals surface area contributed by atoms with E-state index in [9.17, 15) is 16.8 Å². The molecule has 1 heterocycles. The standard InChI is InChI=1S/C24H34N2O4S2/c1-17-13-18(2)16-26(15-17)32(29,30)22-11-9-21(10-12-22)25-31(27,28)23-14-20(24(4,5)6)8-7-19(23)3/h7-12,14,17-18,25H,13,15-16H2,1-6H3/t17-,18+. The second-order valence-electron chi connectivity index (χ2n) is 10.1. The third-order valence-electron chi connectivity index (χ3n) is 5.92. The van der Waals surface area contributed by atoms with Crippen LogP contribution in [0.3, 0.4) is 0 Å². The van der Waals surface area contributed by atoms with E-state index in [1.54, 1.807) is 13.0 Å². The van der Waals surface area contributed by atoms with Gasteiger partial charge in [0, 0.05) is 18.8 Å². The van der Waals surface area contributed by atoms with Gasteiger partial charge in [0.1, 0.15) is 0 Å². The lowest BCUT2D eigenvalue weighted by Gasteiger charge is -2.34. The van der Waals surface area contributed by atoms with E-state index in [1.165, 1.54) is 28.6 Å². The quantitative estimate of drug-likeness (QED) is 0.672. The maximum atomic E-state index is 13.1. The average Bonchev–Trinajstić information content (AvgIpc) is 2.66. The van der Waals surface area contributed by atoms with Crippen LogP contribution in [0.1, 0.15) is 52.2 Å². The molecule has 1 aliphatic heterocycles. The summed E-state index contributed by atoms with van der Waals surface area (Å²) in [4.78, 5) is 0.394. The molecule has 1 N–H and O–H groups in total. The molecule has 1 fully saturated rings. The van der Waals surface area contributed by atoms with Gasteiger partial charge in [-0.1, -0.05) is 46.8 Å². The van der Waals surface area contributed by atoms with Crippen LogP contribution in [0.4, 0.5) is 5.69 Å². The highest BCUT2D eigenvalue weighted by atomic mass is 32.2. The molecule has 0 spiro atoms. The molecular weight excluding hydrogens is 444 g/mol. The highest BCUT2D eigenvalue weighted by Gasteiger charge is 2.31. The van der Waals surface area contributed by atoms with E-state index in [1.807, 2.05) is 32.9 Å². The summed E-state index contributed by atoms with van der Waals surface area (Å²) >= 11 is 0. The Balaban J connectivity index is 1.84. The van der Waals surface area contributed by atoms with Crippen molar-refractivity contribution in [1.82, 2.24) is 4.31 Å². The summed E-state index contributed by atoms with van der Waals surface area (Å²) in [6.45, 7) is 13.0. The molecule has 32 heavy (non-hydrogen) atoms. The van der Waals surface area contributed by atoms with Gasteiger partial charge in [-0.2, -0.15) is 4.31 Å². The molecule has 0 radical (unpaired) electrons. The van der Waals surface area contributed by atoms with Gasteiger partial charge in [-0.25, -0.2) is 16.8 Å². The number of hydrogen-bond donors (Lipinski definition) is 1. The third-order valence-corrected chi connectivity index (χ3v) is 9.29. The Morgan fingerprint density at radius 1 is 0.906 bits per heavy atom. The molecule has 0 saturated carbocycles.